The van der Waals surface area contributed by atoms with Crippen molar-refractivity contribution in [2.24, 2.45) is 17.8 Å². The second-order valence-electron chi connectivity index (χ2n) is 6.85. The van der Waals surface area contributed by atoms with Crippen LogP contribution in [0.4, 0.5) is 10.5 Å². The van der Waals surface area contributed by atoms with Crippen LogP contribution in [0.2, 0.25) is 0 Å². The Bertz CT molecular complexity index is 698. The summed E-state index contributed by atoms with van der Waals surface area (Å²) in [4.78, 5) is 12.3. The number of hydrogen-bond donors (Lipinski definition) is 4. The second-order valence-corrected chi connectivity index (χ2v) is 6.85. The Labute approximate surface area is 140 Å². The molecule has 4 N–H and O–H groups in total. The minimum Gasteiger partial charge on any atom is -0.396 e. The van der Waals surface area contributed by atoms with Gasteiger partial charge in [0.2, 0.25) is 0 Å². The van der Waals surface area contributed by atoms with Gasteiger partial charge in [0.1, 0.15) is 0 Å². The molecule has 2 saturated carbocycles. The maximum Gasteiger partial charge on any atom is 0.319 e. The fourth-order valence-corrected chi connectivity index (χ4v) is 4.37. The predicted molar refractivity (Wildman–Crippen MR) is 91.4 cm³/mol. The van der Waals surface area contributed by atoms with E-state index in [9.17, 15) is 9.90 Å². The molecule has 0 aliphatic heterocycles. The number of aromatic nitrogens is 2. The summed E-state index contributed by atoms with van der Waals surface area (Å²) >= 11 is 0. The first-order valence-corrected chi connectivity index (χ1v) is 8.53. The van der Waals surface area contributed by atoms with Gasteiger partial charge in [0.15, 0.2) is 0 Å². The van der Waals surface area contributed by atoms with Crippen molar-refractivity contribution >= 4 is 11.7 Å². The van der Waals surface area contributed by atoms with E-state index in [1.807, 2.05) is 30.3 Å². The third-order valence-electron chi connectivity index (χ3n) is 5.55. The molecule has 2 aliphatic rings. The molecule has 4 rings (SSSR count). The van der Waals surface area contributed by atoms with E-state index >= 15 is 0 Å². The number of amides is 2. The van der Waals surface area contributed by atoms with Crippen LogP contribution < -0.4 is 10.6 Å². The lowest BCUT2D eigenvalue weighted by Crippen LogP contribution is -2.46. The van der Waals surface area contributed by atoms with Gasteiger partial charge in [0.25, 0.3) is 0 Å². The van der Waals surface area contributed by atoms with Crippen LogP contribution in [0.25, 0.3) is 11.3 Å². The third-order valence-corrected chi connectivity index (χ3v) is 5.55. The summed E-state index contributed by atoms with van der Waals surface area (Å²) in [6.07, 6.45) is 5.19. The molecule has 24 heavy (non-hydrogen) atoms. The van der Waals surface area contributed by atoms with Gasteiger partial charge >= 0.3 is 6.03 Å². The summed E-state index contributed by atoms with van der Waals surface area (Å²) in [6, 6.07) is 9.44. The lowest BCUT2D eigenvalue weighted by Gasteiger charge is -2.30. The zero-order valence-corrected chi connectivity index (χ0v) is 13.4. The van der Waals surface area contributed by atoms with E-state index in [2.05, 4.69) is 20.8 Å². The van der Waals surface area contributed by atoms with Gasteiger partial charge in [-0.25, -0.2) is 4.79 Å². The molecule has 6 nitrogen and oxygen atoms in total. The Balaban J connectivity index is 1.38. The van der Waals surface area contributed by atoms with Gasteiger partial charge in [-0.05, 0) is 54.9 Å². The van der Waals surface area contributed by atoms with E-state index < -0.39 is 0 Å². The van der Waals surface area contributed by atoms with Crippen LogP contribution in [0.1, 0.15) is 19.3 Å². The molecule has 2 aromatic rings. The molecule has 4 unspecified atom stereocenters. The Morgan fingerprint density at radius 3 is 2.71 bits per heavy atom. The number of aliphatic hydroxyl groups is 1. The monoisotopic (exact) mass is 326 g/mol. The third kappa shape index (κ3) is 2.78. The molecular weight excluding hydrogens is 304 g/mol. The molecule has 4 atom stereocenters. The van der Waals surface area contributed by atoms with E-state index in [1.54, 1.807) is 6.20 Å². The van der Waals surface area contributed by atoms with Gasteiger partial charge in [-0.1, -0.05) is 12.1 Å². The van der Waals surface area contributed by atoms with Crippen molar-refractivity contribution in [3.8, 4) is 11.3 Å². The second kappa shape index (κ2) is 6.28. The minimum atomic E-state index is -0.194. The average molecular weight is 326 g/mol. The average Bonchev–Trinajstić information content (AvgIpc) is 3.33. The van der Waals surface area contributed by atoms with Crippen molar-refractivity contribution in [2.45, 2.75) is 25.3 Å². The molecule has 1 aromatic carbocycles. The molecule has 6 heteroatoms. The number of aliphatic hydroxyl groups excluding tert-OH is 1. The highest BCUT2D eigenvalue weighted by molar-refractivity contribution is 5.89. The number of hydrogen-bond acceptors (Lipinski definition) is 3. The van der Waals surface area contributed by atoms with Gasteiger partial charge in [0.05, 0.1) is 5.69 Å². The molecule has 1 aromatic heterocycles. The first kappa shape index (κ1) is 15.2. The predicted octanol–water partition coefficient (Wildman–Crippen LogP) is 2.61. The molecule has 2 amide bonds. The molecular formula is C18H22N4O2. The highest BCUT2D eigenvalue weighted by Gasteiger charge is 2.47. The van der Waals surface area contributed by atoms with E-state index in [-0.39, 0.29) is 24.6 Å². The number of aromatic amines is 1. The number of carbonyl (C=O) groups is 1. The van der Waals surface area contributed by atoms with Gasteiger partial charge in [-0.15, -0.1) is 0 Å². The number of nitrogens with zero attached hydrogens (tertiary/aromatic N) is 1. The number of benzene rings is 1. The van der Waals surface area contributed by atoms with Crippen LogP contribution in [0, 0.1) is 17.8 Å². The molecule has 2 fully saturated rings. The van der Waals surface area contributed by atoms with Crippen molar-refractivity contribution in [1.29, 1.82) is 0 Å². The Morgan fingerprint density at radius 1 is 1.21 bits per heavy atom. The number of carbonyl (C=O) groups excluding carboxylic acids is 1. The number of fused-ring (bicyclic) bond motifs is 2. The molecule has 2 aliphatic carbocycles. The minimum absolute atomic E-state index is 0.0954. The number of H-pyrrole nitrogens is 1. The molecule has 2 bridgehead atoms. The van der Waals surface area contributed by atoms with Gasteiger partial charge in [-0.2, -0.15) is 5.10 Å². The molecule has 0 spiro atoms. The largest absolute Gasteiger partial charge is 0.396 e. The lowest BCUT2D eigenvalue weighted by atomic mass is 9.85. The standard InChI is InChI=1S/C18H22N4O2/c23-10-15-12-1-2-13(9-12)17(15)21-18(24)20-14-5-3-11(4-6-14)16-7-8-19-22-16/h3-8,12-13,15,17,23H,1-2,9-10H2,(H,19,22)(H2,20,21,24). The molecule has 0 saturated heterocycles. The summed E-state index contributed by atoms with van der Waals surface area (Å²) in [5, 5.41) is 22.4. The molecule has 0 radical (unpaired) electrons. The van der Waals surface area contributed by atoms with Gasteiger partial charge in [0, 0.05) is 30.5 Å². The van der Waals surface area contributed by atoms with Crippen LogP contribution >= 0.6 is 0 Å². The zero-order valence-electron chi connectivity index (χ0n) is 13.4. The SMILES string of the molecule is O=C(Nc1ccc(-c2ccn[nH]2)cc1)NC1C2CCC(C2)C1CO. The first-order valence-electron chi connectivity index (χ1n) is 8.53. The van der Waals surface area contributed by atoms with Crippen LogP contribution in [-0.2, 0) is 0 Å². The summed E-state index contributed by atoms with van der Waals surface area (Å²) in [6.45, 7) is 0.158. The number of urea groups is 1. The number of rotatable bonds is 4. The van der Waals surface area contributed by atoms with Gasteiger partial charge in [-0.3, -0.25) is 5.10 Å². The lowest BCUT2D eigenvalue weighted by molar-refractivity contribution is 0.146. The van der Waals surface area contributed by atoms with Crippen LogP contribution in [0.5, 0.6) is 0 Å². The van der Waals surface area contributed by atoms with Crippen molar-refractivity contribution in [3.63, 3.8) is 0 Å². The Morgan fingerprint density at radius 2 is 2.00 bits per heavy atom. The fourth-order valence-electron chi connectivity index (χ4n) is 4.37. The first-order chi connectivity index (χ1) is 11.7. The normalized spacial score (nSPS) is 28.0. The topological polar surface area (TPSA) is 90.0 Å². The smallest absolute Gasteiger partial charge is 0.319 e. The van der Waals surface area contributed by atoms with E-state index in [0.29, 0.717) is 11.8 Å². The molecule has 126 valence electrons. The molecule has 1 heterocycles. The van der Waals surface area contributed by atoms with Crippen molar-refractivity contribution in [3.05, 3.63) is 36.5 Å². The summed E-state index contributed by atoms with van der Waals surface area (Å²) in [7, 11) is 0. The quantitative estimate of drug-likeness (QED) is 0.696. The van der Waals surface area contributed by atoms with Crippen molar-refractivity contribution in [2.75, 3.05) is 11.9 Å². The maximum atomic E-state index is 12.3. The van der Waals surface area contributed by atoms with E-state index in [4.69, 9.17) is 0 Å². The van der Waals surface area contributed by atoms with Crippen LogP contribution in [-0.4, -0.2) is 34.0 Å². The highest BCUT2D eigenvalue weighted by atomic mass is 16.3. The van der Waals surface area contributed by atoms with Crippen molar-refractivity contribution in [1.82, 2.24) is 15.5 Å². The van der Waals surface area contributed by atoms with Crippen LogP contribution in [0.3, 0.4) is 0 Å². The summed E-state index contributed by atoms with van der Waals surface area (Å²) in [5.74, 6) is 1.29. The maximum absolute atomic E-state index is 12.3. The summed E-state index contributed by atoms with van der Waals surface area (Å²) < 4.78 is 0. The highest BCUT2D eigenvalue weighted by Crippen LogP contribution is 2.48. The Hall–Kier alpha value is -2.34. The van der Waals surface area contributed by atoms with Crippen molar-refractivity contribution < 1.29 is 9.90 Å². The van der Waals surface area contributed by atoms with Crippen LogP contribution in [0.15, 0.2) is 36.5 Å². The summed E-state index contributed by atoms with van der Waals surface area (Å²) in [5.41, 5.74) is 2.71. The fraction of sp³-hybridized carbons (Fsp3) is 0.444. The Kier molecular flexibility index (Phi) is 3.98. The number of nitrogens with one attached hydrogen (secondary N) is 3. The number of anilines is 1. The zero-order chi connectivity index (χ0) is 16.5. The van der Waals surface area contributed by atoms with E-state index in [0.717, 1.165) is 29.8 Å². The van der Waals surface area contributed by atoms with Gasteiger partial charge < -0.3 is 15.7 Å². The van der Waals surface area contributed by atoms with E-state index in [1.165, 1.54) is 6.42 Å².